The summed E-state index contributed by atoms with van der Waals surface area (Å²) in [5.41, 5.74) is 5.12. The largest absolute Gasteiger partial charge is 0.207 e. The van der Waals surface area contributed by atoms with Crippen LogP contribution in [0.15, 0.2) is 18.2 Å². The van der Waals surface area contributed by atoms with Crippen molar-refractivity contribution < 1.29 is 4.39 Å². The summed E-state index contributed by atoms with van der Waals surface area (Å²) in [6.07, 6.45) is 0. The van der Waals surface area contributed by atoms with Gasteiger partial charge in [-0.2, -0.15) is 0 Å². The fraction of sp³-hybridized carbons (Fsp3) is 0.333. The highest BCUT2D eigenvalue weighted by Crippen LogP contribution is 2.09. The van der Waals surface area contributed by atoms with Crippen molar-refractivity contribution >= 4 is 8.07 Å². The van der Waals surface area contributed by atoms with Gasteiger partial charge < -0.3 is 0 Å². The molecular formula is C12H15FSi. The molecule has 0 nitrogen and oxygen atoms in total. The minimum Gasteiger partial charge on any atom is -0.207 e. The molecule has 0 aromatic heterocycles. The van der Waals surface area contributed by atoms with Gasteiger partial charge in [-0.3, -0.25) is 0 Å². The second-order valence-electron chi connectivity index (χ2n) is 4.46. The Morgan fingerprint density at radius 1 is 1.21 bits per heavy atom. The number of rotatable bonds is 0. The molecule has 0 N–H and O–H groups in total. The summed E-state index contributed by atoms with van der Waals surface area (Å²) in [5, 5.41) is 0. The molecule has 0 saturated heterocycles. The maximum absolute atomic E-state index is 12.8. The molecule has 0 atom stereocenters. The molecule has 14 heavy (non-hydrogen) atoms. The number of aryl methyl sites for hydroxylation is 1. The van der Waals surface area contributed by atoms with Crippen LogP contribution in [0.2, 0.25) is 19.6 Å². The zero-order chi connectivity index (χ0) is 10.8. The van der Waals surface area contributed by atoms with Crippen molar-refractivity contribution in [3.05, 3.63) is 35.1 Å². The highest BCUT2D eigenvalue weighted by molar-refractivity contribution is 6.83. The molecule has 1 aromatic carbocycles. The van der Waals surface area contributed by atoms with Crippen molar-refractivity contribution in [3.63, 3.8) is 0 Å². The van der Waals surface area contributed by atoms with Crippen molar-refractivity contribution in [3.8, 4) is 11.5 Å². The Morgan fingerprint density at radius 2 is 1.86 bits per heavy atom. The van der Waals surface area contributed by atoms with Crippen molar-refractivity contribution in [1.29, 1.82) is 0 Å². The fourth-order valence-corrected chi connectivity index (χ4v) is 1.53. The first-order chi connectivity index (χ1) is 6.38. The van der Waals surface area contributed by atoms with Crippen molar-refractivity contribution in [1.82, 2.24) is 0 Å². The van der Waals surface area contributed by atoms with Gasteiger partial charge in [0, 0.05) is 5.56 Å². The average molecular weight is 206 g/mol. The molecule has 1 aromatic rings. The SMILES string of the molecule is Cc1cc(F)ccc1C#C[Si](C)(C)C. The second kappa shape index (κ2) is 3.98. The van der Waals surface area contributed by atoms with E-state index < -0.39 is 8.07 Å². The zero-order valence-corrected chi connectivity index (χ0v) is 10.1. The van der Waals surface area contributed by atoms with Crippen molar-refractivity contribution in [2.75, 3.05) is 0 Å². The lowest BCUT2D eigenvalue weighted by atomic mass is 10.1. The van der Waals surface area contributed by atoms with Crippen LogP contribution in [-0.2, 0) is 0 Å². The van der Waals surface area contributed by atoms with Gasteiger partial charge in [0.25, 0.3) is 0 Å². The van der Waals surface area contributed by atoms with Crippen LogP contribution in [0.25, 0.3) is 0 Å². The van der Waals surface area contributed by atoms with E-state index in [1.807, 2.05) is 6.92 Å². The van der Waals surface area contributed by atoms with Gasteiger partial charge in [0.05, 0.1) is 0 Å². The summed E-state index contributed by atoms with van der Waals surface area (Å²) in [5.74, 6) is 2.93. The predicted octanol–water partition coefficient (Wildman–Crippen LogP) is 3.36. The van der Waals surface area contributed by atoms with Gasteiger partial charge in [-0.25, -0.2) is 4.39 Å². The minimum absolute atomic E-state index is 0.193. The molecule has 74 valence electrons. The third kappa shape index (κ3) is 3.35. The molecule has 0 spiro atoms. The lowest BCUT2D eigenvalue weighted by Gasteiger charge is -2.04. The molecule has 0 fully saturated rings. The monoisotopic (exact) mass is 206 g/mol. The van der Waals surface area contributed by atoms with Crippen LogP contribution in [0.5, 0.6) is 0 Å². The Morgan fingerprint density at radius 3 is 2.36 bits per heavy atom. The fourth-order valence-electron chi connectivity index (χ4n) is 1.02. The van der Waals surface area contributed by atoms with E-state index in [2.05, 4.69) is 31.1 Å². The van der Waals surface area contributed by atoms with Crippen LogP contribution in [0.3, 0.4) is 0 Å². The van der Waals surface area contributed by atoms with E-state index in [0.717, 1.165) is 11.1 Å². The Hall–Kier alpha value is -1.07. The first kappa shape index (κ1) is 11.0. The van der Waals surface area contributed by atoms with Gasteiger partial charge in [0.1, 0.15) is 13.9 Å². The summed E-state index contributed by atoms with van der Waals surface area (Å²) in [4.78, 5) is 0. The Labute approximate surface area is 86.2 Å². The van der Waals surface area contributed by atoms with Gasteiger partial charge >= 0.3 is 0 Å². The number of hydrogen-bond acceptors (Lipinski definition) is 0. The summed E-state index contributed by atoms with van der Waals surface area (Å²) in [6, 6.07) is 4.73. The Bertz CT molecular complexity index is 391. The molecule has 0 aliphatic heterocycles. The molecule has 0 bridgehead atoms. The normalized spacial score (nSPS) is 10.6. The third-order valence-electron chi connectivity index (χ3n) is 1.76. The first-order valence-electron chi connectivity index (χ1n) is 4.68. The van der Waals surface area contributed by atoms with Crippen LogP contribution < -0.4 is 0 Å². The number of benzene rings is 1. The Balaban J connectivity index is 3.02. The molecule has 2 heteroatoms. The zero-order valence-electron chi connectivity index (χ0n) is 9.11. The predicted molar refractivity (Wildman–Crippen MR) is 61.4 cm³/mol. The molecule has 0 saturated carbocycles. The molecule has 0 heterocycles. The summed E-state index contributed by atoms with van der Waals surface area (Å²) >= 11 is 0. The van der Waals surface area contributed by atoms with Crippen LogP contribution >= 0.6 is 0 Å². The molecule has 0 aliphatic rings. The average Bonchev–Trinajstić information content (AvgIpc) is 2.00. The van der Waals surface area contributed by atoms with Gasteiger partial charge in [-0.05, 0) is 30.7 Å². The molecule has 0 radical (unpaired) electrons. The van der Waals surface area contributed by atoms with Crippen LogP contribution in [0, 0.1) is 24.2 Å². The lowest BCUT2D eigenvalue weighted by Crippen LogP contribution is -2.16. The van der Waals surface area contributed by atoms with E-state index in [-0.39, 0.29) is 5.82 Å². The van der Waals surface area contributed by atoms with Gasteiger partial charge in [0.15, 0.2) is 0 Å². The highest BCUT2D eigenvalue weighted by atomic mass is 28.3. The van der Waals surface area contributed by atoms with Crippen LogP contribution in [0.4, 0.5) is 4.39 Å². The highest BCUT2D eigenvalue weighted by Gasteiger charge is 2.07. The molecule has 0 amide bonds. The number of hydrogen-bond donors (Lipinski definition) is 0. The first-order valence-corrected chi connectivity index (χ1v) is 8.18. The summed E-state index contributed by atoms with van der Waals surface area (Å²) in [7, 11) is -1.33. The van der Waals surface area contributed by atoms with E-state index in [0.29, 0.717) is 0 Å². The second-order valence-corrected chi connectivity index (χ2v) is 9.21. The summed E-state index contributed by atoms with van der Waals surface area (Å²) < 4.78 is 12.8. The van der Waals surface area contributed by atoms with Gasteiger partial charge in [-0.15, -0.1) is 5.54 Å². The standard InChI is InChI=1S/C12H15FSi/c1-10-9-12(13)6-5-11(10)7-8-14(2,3)4/h5-6,9H,1-4H3. The van der Waals surface area contributed by atoms with E-state index in [1.165, 1.54) is 12.1 Å². The van der Waals surface area contributed by atoms with E-state index in [1.54, 1.807) is 6.07 Å². The lowest BCUT2D eigenvalue weighted by molar-refractivity contribution is 0.626. The number of halogens is 1. The molecule has 0 aliphatic carbocycles. The topological polar surface area (TPSA) is 0 Å². The molecule has 0 unspecified atom stereocenters. The van der Waals surface area contributed by atoms with Crippen LogP contribution in [-0.4, -0.2) is 8.07 Å². The Kier molecular flexibility index (Phi) is 3.12. The van der Waals surface area contributed by atoms with Gasteiger partial charge in [0.2, 0.25) is 0 Å². The van der Waals surface area contributed by atoms with E-state index >= 15 is 0 Å². The molecule has 1 rings (SSSR count). The van der Waals surface area contributed by atoms with Crippen LogP contribution in [0.1, 0.15) is 11.1 Å². The summed E-state index contributed by atoms with van der Waals surface area (Å²) in [6.45, 7) is 8.47. The van der Waals surface area contributed by atoms with Crippen molar-refractivity contribution in [2.24, 2.45) is 0 Å². The minimum atomic E-state index is -1.33. The molecular weight excluding hydrogens is 191 g/mol. The maximum atomic E-state index is 12.8. The maximum Gasteiger partial charge on any atom is 0.129 e. The van der Waals surface area contributed by atoms with E-state index in [9.17, 15) is 4.39 Å². The van der Waals surface area contributed by atoms with Crippen molar-refractivity contribution in [2.45, 2.75) is 26.6 Å². The quantitative estimate of drug-likeness (QED) is 0.451. The smallest absolute Gasteiger partial charge is 0.129 e. The van der Waals surface area contributed by atoms with Gasteiger partial charge in [-0.1, -0.05) is 25.6 Å². The third-order valence-corrected chi connectivity index (χ3v) is 2.64. The van der Waals surface area contributed by atoms with E-state index in [4.69, 9.17) is 0 Å².